The van der Waals surface area contributed by atoms with Crippen molar-refractivity contribution in [3.63, 3.8) is 0 Å². The number of hydrogen-bond donors (Lipinski definition) is 1. The highest BCUT2D eigenvalue weighted by atomic mass is 16.5. The lowest BCUT2D eigenvalue weighted by Gasteiger charge is -2.10. The van der Waals surface area contributed by atoms with E-state index in [4.69, 9.17) is 10.5 Å². The molecule has 0 unspecified atom stereocenters. The lowest BCUT2D eigenvalue weighted by atomic mass is 10.1. The van der Waals surface area contributed by atoms with Gasteiger partial charge in [-0.3, -0.25) is 18.7 Å². The zero-order chi connectivity index (χ0) is 25.8. The van der Waals surface area contributed by atoms with E-state index in [9.17, 15) is 19.2 Å². The van der Waals surface area contributed by atoms with Gasteiger partial charge in [0.2, 0.25) is 5.78 Å². The summed E-state index contributed by atoms with van der Waals surface area (Å²) in [6, 6.07) is 19.0. The fourth-order valence-corrected chi connectivity index (χ4v) is 3.58. The molecule has 10 heteroatoms. The summed E-state index contributed by atoms with van der Waals surface area (Å²) in [5.74, 6) is -1.90. The molecule has 0 atom stereocenters. The molecule has 0 spiro atoms. The minimum Gasteiger partial charge on any atom is -0.454 e. The van der Waals surface area contributed by atoms with Gasteiger partial charge in [0.15, 0.2) is 6.61 Å². The number of aromatic nitrogens is 4. The monoisotopic (exact) mass is 485 g/mol. The number of ether oxygens (including phenoxy) is 1. The molecule has 0 amide bonds. The van der Waals surface area contributed by atoms with E-state index < -0.39 is 35.2 Å². The molecule has 0 saturated carbocycles. The zero-order valence-corrected chi connectivity index (χ0v) is 19.6. The molecule has 4 aromatic rings. The van der Waals surface area contributed by atoms with E-state index in [0.29, 0.717) is 11.3 Å². The van der Waals surface area contributed by atoms with Crippen LogP contribution in [0.3, 0.4) is 0 Å². The summed E-state index contributed by atoms with van der Waals surface area (Å²) in [5.41, 5.74) is 6.87. The van der Waals surface area contributed by atoms with Crippen molar-refractivity contribution in [3.8, 4) is 16.9 Å². The van der Waals surface area contributed by atoms with Gasteiger partial charge < -0.3 is 10.5 Å². The highest BCUT2D eigenvalue weighted by molar-refractivity contribution is 6.02. The topological polar surface area (TPSA) is 131 Å². The number of carbonyl (C=O) groups excluding carboxylic acids is 2. The van der Waals surface area contributed by atoms with Crippen molar-refractivity contribution < 1.29 is 14.3 Å². The molecule has 2 N–H and O–H groups in total. The van der Waals surface area contributed by atoms with Gasteiger partial charge in [0.25, 0.3) is 5.56 Å². The molecule has 0 bridgehead atoms. The van der Waals surface area contributed by atoms with E-state index in [1.165, 1.54) is 20.2 Å². The number of carbonyl (C=O) groups is 2. The number of ketones is 1. The third-order valence-electron chi connectivity index (χ3n) is 5.54. The summed E-state index contributed by atoms with van der Waals surface area (Å²) in [5, 5.41) is 4.67. The Labute approximate surface area is 205 Å². The van der Waals surface area contributed by atoms with Gasteiger partial charge in [-0.15, -0.1) is 0 Å². The molecule has 0 aliphatic heterocycles. The van der Waals surface area contributed by atoms with Gasteiger partial charge in [-0.05, 0) is 18.2 Å². The number of Topliss-reactive ketones (excluding diaryl/α,β-unsaturated/α-hetero) is 1. The maximum absolute atomic E-state index is 12.6. The lowest BCUT2D eigenvalue weighted by molar-refractivity contribution is -0.136. The maximum Gasteiger partial charge on any atom is 0.332 e. The van der Waals surface area contributed by atoms with Gasteiger partial charge in [0, 0.05) is 37.5 Å². The van der Waals surface area contributed by atoms with Gasteiger partial charge in [-0.25, -0.2) is 14.3 Å². The Balaban J connectivity index is 1.55. The van der Waals surface area contributed by atoms with Crippen molar-refractivity contribution in [3.05, 3.63) is 105 Å². The van der Waals surface area contributed by atoms with E-state index in [0.717, 1.165) is 20.4 Å². The second kappa shape index (κ2) is 10.1. The van der Waals surface area contributed by atoms with Crippen LogP contribution in [0.4, 0.5) is 5.82 Å². The number of hydrogen-bond acceptors (Lipinski definition) is 7. The normalized spacial score (nSPS) is 11.1. The minimum atomic E-state index is -0.854. The summed E-state index contributed by atoms with van der Waals surface area (Å²) in [7, 11) is 2.57. The predicted molar refractivity (Wildman–Crippen MR) is 135 cm³/mol. The van der Waals surface area contributed by atoms with E-state index in [1.54, 1.807) is 17.0 Å². The van der Waals surface area contributed by atoms with Crippen molar-refractivity contribution in [2.75, 3.05) is 12.3 Å². The van der Waals surface area contributed by atoms with E-state index >= 15 is 0 Å². The highest BCUT2D eigenvalue weighted by Gasteiger charge is 2.21. The molecule has 0 aliphatic rings. The van der Waals surface area contributed by atoms with E-state index in [-0.39, 0.29) is 5.82 Å². The third kappa shape index (κ3) is 4.78. The van der Waals surface area contributed by atoms with Crippen LogP contribution in [-0.4, -0.2) is 37.3 Å². The van der Waals surface area contributed by atoms with Crippen LogP contribution >= 0.6 is 0 Å². The van der Waals surface area contributed by atoms with Crippen molar-refractivity contribution in [2.45, 2.75) is 0 Å². The first-order valence-electron chi connectivity index (χ1n) is 10.9. The summed E-state index contributed by atoms with van der Waals surface area (Å²) >= 11 is 0. The summed E-state index contributed by atoms with van der Waals surface area (Å²) in [6.07, 6.45) is 4.50. The first kappa shape index (κ1) is 24.1. The van der Waals surface area contributed by atoms with Gasteiger partial charge in [-0.2, -0.15) is 5.10 Å². The zero-order valence-electron chi connectivity index (χ0n) is 19.6. The molecule has 0 radical (unpaired) electrons. The second-order valence-corrected chi connectivity index (χ2v) is 7.91. The third-order valence-corrected chi connectivity index (χ3v) is 5.54. The number of nitrogens with two attached hydrogens (primary N) is 1. The van der Waals surface area contributed by atoms with E-state index in [2.05, 4.69) is 5.10 Å². The standard InChI is InChI=1S/C26H23N5O5/c1-29-24(27)22(25(34)30(2)26(29)35)20(32)16-36-21(33)14-13-18-15-31(19-11-7-4-8-12-19)28-23(18)17-9-5-3-6-10-17/h3-15H,16,27H2,1-2H3/b14-13+. The Bertz CT molecular complexity index is 1580. The van der Waals surface area contributed by atoms with Crippen molar-refractivity contribution >= 4 is 23.6 Å². The largest absolute Gasteiger partial charge is 0.454 e. The Morgan fingerprint density at radius 3 is 2.28 bits per heavy atom. The van der Waals surface area contributed by atoms with Gasteiger partial charge in [-0.1, -0.05) is 48.5 Å². The smallest absolute Gasteiger partial charge is 0.332 e. The predicted octanol–water partition coefficient (Wildman–Crippen LogP) is 1.96. The minimum absolute atomic E-state index is 0.291. The molecule has 10 nitrogen and oxygen atoms in total. The lowest BCUT2D eigenvalue weighted by Crippen LogP contribution is -2.42. The molecular weight excluding hydrogens is 462 g/mol. The molecular formula is C26H23N5O5. The number of rotatable bonds is 7. The van der Waals surface area contributed by atoms with Gasteiger partial charge >= 0.3 is 11.7 Å². The summed E-state index contributed by atoms with van der Waals surface area (Å²) < 4.78 is 8.49. The number of para-hydroxylation sites is 1. The van der Waals surface area contributed by atoms with Crippen LogP contribution in [0.25, 0.3) is 23.0 Å². The van der Waals surface area contributed by atoms with Crippen LogP contribution in [-0.2, 0) is 23.6 Å². The first-order chi connectivity index (χ1) is 17.3. The Morgan fingerprint density at radius 2 is 1.61 bits per heavy atom. The van der Waals surface area contributed by atoms with Crippen LogP contribution < -0.4 is 17.0 Å². The molecule has 2 aromatic heterocycles. The fourth-order valence-electron chi connectivity index (χ4n) is 3.58. The molecule has 4 rings (SSSR count). The maximum atomic E-state index is 12.6. The Morgan fingerprint density at radius 1 is 0.972 bits per heavy atom. The van der Waals surface area contributed by atoms with Crippen molar-refractivity contribution in [2.24, 2.45) is 14.1 Å². The van der Waals surface area contributed by atoms with Crippen LogP contribution in [0.2, 0.25) is 0 Å². The Kier molecular flexibility index (Phi) is 6.77. The van der Waals surface area contributed by atoms with Crippen LogP contribution in [0.5, 0.6) is 0 Å². The summed E-state index contributed by atoms with van der Waals surface area (Å²) in [6.45, 7) is -0.713. The average molecular weight is 486 g/mol. The van der Waals surface area contributed by atoms with E-state index in [1.807, 2.05) is 60.7 Å². The van der Waals surface area contributed by atoms with Gasteiger partial charge in [0.1, 0.15) is 11.4 Å². The second-order valence-electron chi connectivity index (χ2n) is 7.91. The van der Waals surface area contributed by atoms with Gasteiger partial charge in [0.05, 0.1) is 11.4 Å². The quantitative estimate of drug-likeness (QED) is 0.240. The van der Waals surface area contributed by atoms with Crippen molar-refractivity contribution in [1.29, 1.82) is 0 Å². The molecule has 0 saturated heterocycles. The number of anilines is 1. The van der Waals surface area contributed by atoms with Crippen LogP contribution in [0.15, 0.2) is 82.5 Å². The summed E-state index contributed by atoms with van der Waals surface area (Å²) in [4.78, 5) is 49.2. The molecule has 36 heavy (non-hydrogen) atoms. The number of esters is 1. The molecule has 0 fully saturated rings. The average Bonchev–Trinajstić information content (AvgIpc) is 3.34. The number of benzene rings is 2. The molecule has 2 heterocycles. The molecule has 0 aliphatic carbocycles. The fraction of sp³-hybridized carbons (Fsp3) is 0.115. The number of nitrogen functional groups attached to an aromatic ring is 1. The first-order valence-corrected chi connectivity index (χ1v) is 10.9. The van der Waals surface area contributed by atoms with Crippen molar-refractivity contribution in [1.82, 2.24) is 18.9 Å². The molecule has 2 aromatic carbocycles. The highest BCUT2D eigenvalue weighted by Crippen LogP contribution is 2.24. The molecule has 182 valence electrons. The Hall–Kier alpha value is -4.99. The van der Waals surface area contributed by atoms with Crippen LogP contribution in [0.1, 0.15) is 15.9 Å². The SMILES string of the molecule is Cn1c(N)c(C(=O)COC(=O)/C=C/c2cn(-c3ccccc3)nc2-c2ccccc2)c(=O)n(C)c1=O. The number of nitrogens with zero attached hydrogens (tertiary/aromatic N) is 4. The van der Waals surface area contributed by atoms with Crippen LogP contribution in [0, 0.1) is 0 Å².